The van der Waals surface area contributed by atoms with E-state index >= 15 is 0 Å². The molecule has 1 aliphatic heterocycles. The van der Waals surface area contributed by atoms with Gasteiger partial charge in [0.25, 0.3) is 0 Å². The van der Waals surface area contributed by atoms with Gasteiger partial charge in [0.1, 0.15) is 11.3 Å². The lowest BCUT2D eigenvalue weighted by Gasteiger charge is -2.32. The molecule has 0 atom stereocenters. The van der Waals surface area contributed by atoms with Crippen molar-refractivity contribution in [3.05, 3.63) is 17.7 Å². The maximum atomic E-state index is 12.8. The highest BCUT2D eigenvalue weighted by Crippen LogP contribution is 2.40. The fraction of sp³-hybridized carbons (Fsp3) is 0.619. The number of aliphatic hydroxyl groups excluding tert-OH is 1. The molecule has 8 heteroatoms. The minimum atomic E-state index is -0.233. The molecule has 1 aliphatic carbocycles. The van der Waals surface area contributed by atoms with Crippen LogP contribution in [0.5, 0.6) is 5.75 Å². The van der Waals surface area contributed by atoms with Gasteiger partial charge in [-0.1, -0.05) is 17.4 Å². The van der Waals surface area contributed by atoms with Gasteiger partial charge in [-0.2, -0.15) is 0 Å². The van der Waals surface area contributed by atoms with Crippen molar-refractivity contribution in [2.45, 2.75) is 56.6 Å². The summed E-state index contributed by atoms with van der Waals surface area (Å²) in [4.78, 5) is 19.2. The predicted octanol–water partition coefficient (Wildman–Crippen LogP) is 3.97. The Morgan fingerprint density at radius 3 is 2.66 bits per heavy atom. The first-order valence-electron chi connectivity index (χ1n) is 10.3. The van der Waals surface area contributed by atoms with E-state index in [0.717, 1.165) is 67.7 Å². The standard InChI is InChI=1S/C21H29N3O4S/c1-24(14-3-5-15(25)6-4-14)21(26)23-20-22-18-17(27-2)8-7-16(19(18)29-20)13-9-11-28-12-10-13/h7-8,13-15,25H,3-6,9-12H2,1-2H3,(H,22,23,26)/t14-,15+. The zero-order valence-electron chi connectivity index (χ0n) is 17.0. The van der Waals surface area contributed by atoms with Crippen LogP contribution in [0.25, 0.3) is 10.2 Å². The number of ether oxygens (including phenoxy) is 2. The lowest BCUT2D eigenvalue weighted by molar-refractivity contribution is 0.0856. The number of aromatic nitrogens is 1. The van der Waals surface area contributed by atoms with E-state index in [1.54, 1.807) is 12.0 Å². The average Bonchev–Trinajstić information content (AvgIpc) is 3.17. The minimum Gasteiger partial charge on any atom is -0.494 e. The molecule has 1 saturated heterocycles. The number of hydrogen-bond donors (Lipinski definition) is 2. The summed E-state index contributed by atoms with van der Waals surface area (Å²) < 4.78 is 12.1. The second-order valence-corrected chi connectivity index (χ2v) is 8.94. The van der Waals surface area contributed by atoms with Crippen LogP contribution < -0.4 is 10.1 Å². The first kappa shape index (κ1) is 20.4. The third kappa shape index (κ3) is 4.34. The fourth-order valence-corrected chi connectivity index (χ4v) is 5.41. The van der Waals surface area contributed by atoms with Crippen LogP contribution in [-0.2, 0) is 4.74 Å². The number of nitrogens with one attached hydrogen (secondary N) is 1. The first-order valence-corrected chi connectivity index (χ1v) is 11.2. The number of fused-ring (bicyclic) bond motifs is 1. The quantitative estimate of drug-likeness (QED) is 0.784. The number of aliphatic hydroxyl groups is 1. The molecule has 1 saturated carbocycles. The van der Waals surface area contributed by atoms with Crippen LogP contribution in [0.4, 0.5) is 9.93 Å². The molecule has 0 unspecified atom stereocenters. The third-order valence-electron chi connectivity index (χ3n) is 6.17. The summed E-state index contributed by atoms with van der Waals surface area (Å²) >= 11 is 1.51. The first-order chi connectivity index (χ1) is 14.1. The Morgan fingerprint density at radius 2 is 1.97 bits per heavy atom. The maximum Gasteiger partial charge on any atom is 0.323 e. The van der Waals surface area contributed by atoms with Gasteiger partial charge < -0.3 is 19.5 Å². The number of hydrogen-bond acceptors (Lipinski definition) is 6. The SMILES string of the molecule is COc1ccc(C2CCOCC2)c2sc(NC(=O)N(C)[C@H]3CC[C@@H](O)CC3)nc12. The zero-order valence-corrected chi connectivity index (χ0v) is 17.8. The van der Waals surface area contributed by atoms with E-state index < -0.39 is 0 Å². The number of amides is 2. The van der Waals surface area contributed by atoms with E-state index in [2.05, 4.69) is 16.4 Å². The topological polar surface area (TPSA) is 83.9 Å². The molecular formula is C21H29N3O4S. The number of carbonyl (C=O) groups excluding carboxylic acids is 1. The summed E-state index contributed by atoms with van der Waals surface area (Å²) in [7, 11) is 3.46. The molecule has 2 amide bonds. The molecular weight excluding hydrogens is 390 g/mol. The maximum absolute atomic E-state index is 12.8. The second kappa shape index (κ2) is 8.85. The summed E-state index contributed by atoms with van der Waals surface area (Å²) in [5.74, 6) is 1.17. The molecule has 4 rings (SSSR count). The number of benzene rings is 1. The van der Waals surface area contributed by atoms with Crippen LogP contribution in [0.3, 0.4) is 0 Å². The normalized spacial score (nSPS) is 23.1. The Balaban J connectivity index is 1.55. The monoisotopic (exact) mass is 419 g/mol. The van der Waals surface area contributed by atoms with Crippen LogP contribution in [0, 0.1) is 0 Å². The van der Waals surface area contributed by atoms with Crippen LogP contribution in [0.1, 0.15) is 50.0 Å². The lowest BCUT2D eigenvalue weighted by Crippen LogP contribution is -2.42. The van der Waals surface area contributed by atoms with Crippen molar-refractivity contribution in [1.29, 1.82) is 0 Å². The number of carbonyl (C=O) groups is 1. The van der Waals surface area contributed by atoms with Gasteiger partial charge in [0.15, 0.2) is 5.13 Å². The Hall–Kier alpha value is -1.90. The lowest BCUT2D eigenvalue weighted by atomic mass is 9.91. The number of thiazole rings is 1. The molecule has 0 spiro atoms. The van der Waals surface area contributed by atoms with Crippen molar-refractivity contribution in [2.24, 2.45) is 0 Å². The molecule has 158 valence electrons. The molecule has 1 aromatic heterocycles. The van der Waals surface area contributed by atoms with Crippen molar-refractivity contribution in [2.75, 3.05) is 32.7 Å². The highest BCUT2D eigenvalue weighted by molar-refractivity contribution is 7.22. The van der Waals surface area contributed by atoms with E-state index in [1.165, 1.54) is 16.9 Å². The summed E-state index contributed by atoms with van der Waals surface area (Å²) in [5, 5.41) is 13.3. The molecule has 29 heavy (non-hydrogen) atoms. The van der Waals surface area contributed by atoms with E-state index in [-0.39, 0.29) is 18.2 Å². The van der Waals surface area contributed by atoms with Gasteiger partial charge in [0.05, 0.1) is 17.9 Å². The van der Waals surface area contributed by atoms with Gasteiger partial charge in [-0.05, 0) is 56.1 Å². The number of anilines is 1. The molecule has 1 aromatic carbocycles. The van der Waals surface area contributed by atoms with Gasteiger partial charge >= 0.3 is 6.03 Å². The zero-order chi connectivity index (χ0) is 20.4. The van der Waals surface area contributed by atoms with Crippen molar-refractivity contribution >= 4 is 32.7 Å². The van der Waals surface area contributed by atoms with Gasteiger partial charge in [0, 0.05) is 26.3 Å². The Morgan fingerprint density at radius 1 is 1.24 bits per heavy atom. The van der Waals surface area contributed by atoms with Crippen molar-refractivity contribution in [1.82, 2.24) is 9.88 Å². The van der Waals surface area contributed by atoms with Gasteiger partial charge in [-0.25, -0.2) is 9.78 Å². The number of methoxy groups -OCH3 is 1. The molecule has 0 bridgehead atoms. The van der Waals surface area contributed by atoms with E-state index in [9.17, 15) is 9.90 Å². The Labute approximate surface area is 175 Å². The highest BCUT2D eigenvalue weighted by Gasteiger charge is 2.27. The average molecular weight is 420 g/mol. The summed E-state index contributed by atoms with van der Waals surface area (Å²) in [6, 6.07) is 4.09. The molecule has 2 aromatic rings. The number of rotatable bonds is 4. The number of urea groups is 1. The molecule has 7 nitrogen and oxygen atoms in total. The van der Waals surface area contributed by atoms with Gasteiger partial charge in [-0.15, -0.1) is 0 Å². The fourth-order valence-electron chi connectivity index (χ4n) is 4.34. The molecule has 2 fully saturated rings. The third-order valence-corrected chi connectivity index (χ3v) is 7.19. The molecule has 2 heterocycles. The Bertz CT molecular complexity index is 857. The molecule has 2 aliphatic rings. The van der Waals surface area contributed by atoms with Crippen LogP contribution in [0.15, 0.2) is 12.1 Å². The largest absolute Gasteiger partial charge is 0.494 e. The van der Waals surface area contributed by atoms with Gasteiger partial charge in [-0.3, -0.25) is 5.32 Å². The highest BCUT2D eigenvalue weighted by atomic mass is 32.1. The van der Waals surface area contributed by atoms with Gasteiger partial charge in [0.2, 0.25) is 0 Å². The van der Waals surface area contributed by atoms with E-state index in [0.29, 0.717) is 11.0 Å². The predicted molar refractivity (Wildman–Crippen MR) is 114 cm³/mol. The smallest absolute Gasteiger partial charge is 0.323 e. The molecule has 0 radical (unpaired) electrons. The number of nitrogens with zero attached hydrogens (tertiary/aromatic N) is 2. The van der Waals surface area contributed by atoms with Crippen LogP contribution in [-0.4, -0.2) is 60.5 Å². The minimum absolute atomic E-state index is 0.153. The van der Waals surface area contributed by atoms with E-state index in [1.807, 2.05) is 13.1 Å². The van der Waals surface area contributed by atoms with E-state index in [4.69, 9.17) is 9.47 Å². The molecule has 2 N–H and O–H groups in total. The van der Waals surface area contributed by atoms with Crippen molar-refractivity contribution in [3.63, 3.8) is 0 Å². The second-order valence-electron chi connectivity index (χ2n) is 7.94. The van der Waals surface area contributed by atoms with Crippen LogP contribution >= 0.6 is 11.3 Å². The van der Waals surface area contributed by atoms with Crippen LogP contribution in [0.2, 0.25) is 0 Å². The summed E-state index contributed by atoms with van der Waals surface area (Å²) in [6.45, 7) is 1.56. The Kier molecular flexibility index (Phi) is 6.22. The summed E-state index contributed by atoms with van der Waals surface area (Å²) in [5.41, 5.74) is 2.07. The van der Waals surface area contributed by atoms with Crippen molar-refractivity contribution in [3.8, 4) is 5.75 Å². The summed E-state index contributed by atoms with van der Waals surface area (Å²) in [6.07, 6.45) is 4.90. The van der Waals surface area contributed by atoms with Crippen molar-refractivity contribution < 1.29 is 19.4 Å².